The number of ether oxygens (including phenoxy) is 2. The molecule has 2 amide bonds. The molecule has 10 heteroatoms. The van der Waals surface area contributed by atoms with E-state index in [-0.39, 0.29) is 30.4 Å². The van der Waals surface area contributed by atoms with E-state index in [1.165, 1.54) is 0 Å². The van der Waals surface area contributed by atoms with Gasteiger partial charge in [-0.25, -0.2) is 9.78 Å². The van der Waals surface area contributed by atoms with E-state index in [1.807, 2.05) is 47.9 Å². The van der Waals surface area contributed by atoms with Gasteiger partial charge in [0.2, 0.25) is 0 Å². The van der Waals surface area contributed by atoms with Crippen LogP contribution in [0.2, 0.25) is 0 Å². The Morgan fingerprint density at radius 2 is 2.00 bits per heavy atom. The Hall–Kier alpha value is -3.46. The van der Waals surface area contributed by atoms with Gasteiger partial charge in [0.15, 0.2) is 0 Å². The molecule has 34 heavy (non-hydrogen) atoms. The van der Waals surface area contributed by atoms with Crippen molar-refractivity contribution in [2.75, 3.05) is 37.4 Å². The van der Waals surface area contributed by atoms with Crippen molar-refractivity contribution in [1.82, 2.24) is 14.5 Å². The van der Waals surface area contributed by atoms with Crippen molar-refractivity contribution < 1.29 is 19.1 Å². The van der Waals surface area contributed by atoms with Crippen molar-refractivity contribution in [1.29, 1.82) is 0 Å². The number of benzene rings is 1. The minimum atomic E-state index is -0.282. The summed E-state index contributed by atoms with van der Waals surface area (Å²) >= 11 is 0. The highest BCUT2D eigenvalue weighted by Crippen LogP contribution is 2.25. The zero-order valence-electron chi connectivity index (χ0n) is 19.5. The van der Waals surface area contributed by atoms with Crippen LogP contribution in [-0.4, -0.2) is 59.3 Å². The van der Waals surface area contributed by atoms with Crippen molar-refractivity contribution in [2.24, 2.45) is 0 Å². The Bertz CT molecular complexity index is 1150. The lowest BCUT2D eigenvalue weighted by atomic mass is 10.2. The summed E-state index contributed by atoms with van der Waals surface area (Å²) in [6.07, 6.45) is 2.17. The summed E-state index contributed by atoms with van der Waals surface area (Å²) in [5.74, 6) is 1.25. The second-order valence-electron chi connectivity index (χ2n) is 7.86. The van der Waals surface area contributed by atoms with Crippen molar-refractivity contribution >= 4 is 46.8 Å². The van der Waals surface area contributed by atoms with E-state index in [9.17, 15) is 9.59 Å². The van der Waals surface area contributed by atoms with Crippen molar-refractivity contribution in [2.45, 2.75) is 32.9 Å². The number of aromatic nitrogens is 2. The molecular formula is C24H30ClN5O4. The molecule has 182 valence electrons. The fourth-order valence-corrected chi connectivity index (χ4v) is 4.12. The van der Waals surface area contributed by atoms with Crippen LogP contribution in [0.3, 0.4) is 0 Å². The molecule has 0 spiro atoms. The van der Waals surface area contributed by atoms with Gasteiger partial charge in [0.1, 0.15) is 17.3 Å². The van der Waals surface area contributed by atoms with Crippen molar-refractivity contribution in [3.8, 4) is 5.75 Å². The van der Waals surface area contributed by atoms with Crippen LogP contribution in [0.1, 0.15) is 30.8 Å². The first-order valence-corrected chi connectivity index (χ1v) is 11.1. The number of methoxy groups -OCH3 is 1. The average Bonchev–Trinajstić information content (AvgIpc) is 3.44. The summed E-state index contributed by atoms with van der Waals surface area (Å²) in [5, 5.41) is 7.22. The molecule has 1 aliphatic rings. The summed E-state index contributed by atoms with van der Waals surface area (Å²) < 4.78 is 12.3. The van der Waals surface area contributed by atoms with Gasteiger partial charge in [-0.1, -0.05) is 0 Å². The Morgan fingerprint density at radius 1 is 1.18 bits per heavy atom. The monoisotopic (exact) mass is 487 g/mol. The van der Waals surface area contributed by atoms with Crippen LogP contribution < -0.4 is 15.4 Å². The van der Waals surface area contributed by atoms with Gasteiger partial charge in [-0.05, 0) is 56.7 Å². The molecule has 2 aromatic heterocycles. The van der Waals surface area contributed by atoms with Crippen molar-refractivity contribution in [3.05, 3.63) is 48.3 Å². The van der Waals surface area contributed by atoms with Crippen LogP contribution in [0.4, 0.5) is 16.3 Å². The summed E-state index contributed by atoms with van der Waals surface area (Å²) in [6, 6.07) is 11.4. The molecule has 0 radical (unpaired) electrons. The fourth-order valence-electron chi connectivity index (χ4n) is 4.12. The number of carbonyl (C=O) groups excluding carboxylic acids is 2. The number of anilines is 2. The number of aryl methyl sites for hydroxylation is 1. The lowest BCUT2D eigenvalue weighted by molar-refractivity contribution is 0.101. The molecule has 3 aromatic rings. The van der Waals surface area contributed by atoms with Crippen LogP contribution >= 0.6 is 12.4 Å². The zero-order valence-corrected chi connectivity index (χ0v) is 20.4. The van der Waals surface area contributed by atoms with E-state index in [0.29, 0.717) is 43.4 Å². The average molecular weight is 488 g/mol. The summed E-state index contributed by atoms with van der Waals surface area (Å²) in [4.78, 5) is 30.9. The molecule has 0 bridgehead atoms. The Balaban J connectivity index is 0.00000324. The maximum atomic E-state index is 13.0. The second kappa shape index (κ2) is 11.1. The van der Waals surface area contributed by atoms with Gasteiger partial charge in [0.05, 0.1) is 25.6 Å². The van der Waals surface area contributed by atoms with Gasteiger partial charge in [-0.15, -0.1) is 12.4 Å². The molecule has 0 aliphatic carbocycles. The van der Waals surface area contributed by atoms with Crippen LogP contribution in [0.15, 0.2) is 42.6 Å². The van der Waals surface area contributed by atoms with Crippen molar-refractivity contribution in [3.63, 3.8) is 0 Å². The highest BCUT2D eigenvalue weighted by molar-refractivity contribution is 6.06. The largest absolute Gasteiger partial charge is 0.497 e. The number of likely N-dealkylation sites (tertiary alicyclic amines) is 1. The molecule has 1 fully saturated rings. The molecule has 1 saturated heterocycles. The third-order valence-corrected chi connectivity index (χ3v) is 5.74. The molecule has 1 unspecified atom stereocenters. The Labute approximate surface area is 204 Å². The van der Waals surface area contributed by atoms with Crippen LogP contribution in [-0.2, 0) is 11.3 Å². The topological polar surface area (TPSA) is 97.7 Å². The molecular weight excluding hydrogens is 458 g/mol. The van der Waals surface area contributed by atoms with E-state index in [4.69, 9.17) is 9.47 Å². The molecule has 2 N–H and O–H groups in total. The molecule has 1 aromatic carbocycles. The van der Waals surface area contributed by atoms with Gasteiger partial charge >= 0.3 is 6.09 Å². The smallest absolute Gasteiger partial charge is 0.409 e. The number of pyridine rings is 1. The number of nitrogens with one attached hydrogen (secondary N) is 2. The molecule has 3 heterocycles. The predicted octanol–water partition coefficient (Wildman–Crippen LogP) is 4.38. The first-order chi connectivity index (χ1) is 16.0. The minimum absolute atomic E-state index is 0. The van der Waals surface area contributed by atoms with Crippen LogP contribution in [0.25, 0.3) is 10.9 Å². The molecule has 1 atom stereocenters. The number of nitrogens with zero attached hydrogens (tertiary/aromatic N) is 3. The maximum absolute atomic E-state index is 13.0. The number of halogens is 1. The summed E-state index contributed by atoms with van der Waals surface area (Å²) in [6.45, 7) is 6.08. The number of rotatable bonds is 7. The summed E-state index contributed by atoms with van der Waals surface area (Å²) in [7, 11) is 1.63. The molecule has 1 aliphatic heterocycles. The van der Waals surface area contributed by atoms with Gasteiger partial charge in [0.25, 0.3) is 5.91 Å². The van der Waals surface area contributed by atoms with Gasteiger partial charge in [-0.2, -0.15) is 0 Å². The van der Waals surface area contributed by atoms with E-state index in [1.54, 1.807) is 25.1 Å². The highest BCUT2D eigenvalue weighted by atomic mass is 35.5. The molecule has 9 nitrogen and oxygen atoms in total. The fraction of sp³-hybridized carbons (Fsp3) is 0.375. The Morgan fingerprint density at radius 3 is 2.68 bits per heavy atom. The number of carbonyl (C=O) groups is 2. The predicted molar refractivity (Wildman–Crippen MR) is 134 cm³/mol. The van der Waals surface area contributed by atoms with Gasteiger partial charge in [-0.3, -0.25) is 4.79 Å². The Kier molecular flexibility index (Phi) is 8.22. The van der Waals surface area contributed by atoms with E-state index in [2.05, 4.69) is 15.6 Å². The number of hydrogen-bond donors (Lipinski definition) is 2. The third kappa shape index (κ3) is 5.36. The van der Waals surface area contributed by atoms with Gasteiger partial charge in [0, 0.05) is 36.6 Å². The number of fused-ring (bicyclic) bond motifs is 1. The molecule has 0 saturated carbocycles. The number of amides is 2. The normalized spacial score (nSPS) is 15.0. The van der Waals surface area contributed by atoms with E-state index < -0.39 is 0 Å². The minimum Gasteiger partial charge on any atom is -0.497 e. The molecule has 4 rings (SSSR count). The highest BCUT2D eigenvalue weighted by Gasteiger charge is 2.27. The third-order valence-electron chi connectivity index (χ3n) is 5.74. The maximum Gasteiger partial charge on any atom is 0.409 e. The second-order valence-corrected chi connectivity index (χ2v) is 7.86. The van der Waals surface area contributed by atoms with Gasteiger partial charge < -0.3 is 29.6 Å². The van der Waals surface area contributed by atoms with Crippen LogP contribution in [0, 0.1) is 0 Å². The first-order valence-electron chi connectivity index (χ1n) is 11.1. The number of hydrogen-bond acceptors (Lipinski definition) is 6. The lowest BCUT2D eigenvalue weighted by Crippen LogP contribution is -2.32. The summed E-state index contributed by atoms with van der Waals surface area (Å²) in [5.41, 5.74) is 2.16. The van der Waals surface area contributed by atoms with Crippen LogP contribution in [0.5, 0.6) is 5.75 Å². The first kappa shape index (κ1) is 25.2. The van der Waals surface area contributed by atoms with E-state index in [0.717, 1.165) is 23.1 Å². The zero-order chi connectivity index (χ0) is 23.4. The SMILES string of the molecule is CCOC(=O)N1CCC(Nc2ccc(NC(=O)c3cc4cc(OC)ccc4n3CC)cn2)C1.Cl. The van der Waals surface area contributed by atoms with E-state index >= 15 is 0 Å². The lowest BCUT2D eigenvalue weighted by Gasteiger charge is -2.16. The standard InChI is InChI=1S/C24H29N5O4.ClH/c1-4-29-20-8-7-19(32-3)12-16(20)13-21(29)23(30)27-17-6-9-22(25-14-17)26-18-10-11-28(15-18)24(31)33-5-2;/h6-9,12-14,18H,4-5,10-11,15H2,1-3H3,(H,25,26)(H,27,30);1H. The quantitative estimate of drug-likeness (QED) is 0.513.